The van der Waals surface area contributed by atoms with Crippen LogP contribution < -0.4 is 10.2 Å². The zero-order valence-electron chi connectivity index (χ0n) is 8.73. The van der Waals surface area contributed by atoms with Crippen molar-refractivity contribution in [3.8, 4) is 0 Å². The number of carbonyl (C=O) groups is 1. The van der Waals surface area contributed by atoms with Crippen LogP contribution in [0.4, 0.5) is 5.69 Å². The number of hydrogen-bond acceptors (Lipinski definition) is 2. The average molecular weight is 204 g/mol. The third-order valence-electron chi connectivity index (χ3n) is 2.87. The Labute approximate surface area is 90.1 Å². The molecule has 0 atom stereocenters. The van der Waals surface area contributed by atoms with Crippen LogP contribution in [0.3, 0.4) is 0 Å². The zero-order chi connectivity index (χ0) is 10.5. The van der Waals surface area contributed by atoms with Gasteiger partial charge in [-0.05, 0) is 38.1 Å². The van der Waals surface area contributed by atoms with Gasteiger partial charge in [0.25, 0.3) is 0 Å². The highest BCUT2D eigenvalue weighted by atomic mass is 16.1. The van der Waals surface area contributed by atoms with Gasteiger partial charge in [0, 0.05) is 11.7 Å². The summed E-state index contributed by atoms with van der Waals surface area (Å²) in [6, 6.07) is 10.2. The van der Waals surface area contributed by atoms with Crippen LogP contribution in [-0.4, -0.2) is 25.5 Å². The van der Waals surface area contributed by atoms with Crippen molar-refractivity contribution in [3.05, 3.63) is 30.3 Å². The Morgan fingerprint density at radius 3 is 2.47 bits per heavy atom. The van der Waals surface area contributed by atoms with Crippen LogP contribution in [-0.2, 0) is 4.79 Å². The van der Waals surface area contributed by atoms with Crippen molar-refractivity contribution in [1.82, 2.24) is 5.32 Å². The lowest BCUT2D eigenvalue weighted by Crippen LogP contribution is -2.42. The zero-order valence-corrected chi connectivity index (χ0v) is 8.73. The third kappa shape index (κ3) is 2.36. The van der Waals surface area contributed by atoms with Gasteiger partial charge < -0.3 is 10.2 Å². The second-order valence-corrected chi connectivity index (χ2v) is 3.83. The fraction of sp³-hybridized carbons (Fsp3) is 0.417. The van der Waals surface area contributed by atoms with E-state index in [1.54, 1.807) is 0 Å². The number of carbonyl (C=O) groups excluding carboxylic acids is 1. The smallest absolute Gasteiger partial charge is 0.214 e. The molecule has 0 aliphatic carbocycles. The molecule has 1 N–H and O–H groups in total. The molecule has 80 valence electrons. The number of benzene rings is 1. The van der Waals surface area contributed by atoms with Gasteiger partial charge in [0.2, 0.25) is 6.41 Å². The van der Waals surface area contributed by atoms with E-state index in [1.807, 2.05) is 35.2 Å². The molecule has 0 radical (unpaired) electrons. The summed E-state index contributed by atoms with van der Waals surface area (Å²) < 4.78 is 0. The van der Waals surface area contributed by atoms with Crippen LogP contribution in [0.1, 0.15) is 12.8 Å². The Balaban J connectivity index is 2.12. The van der Waals surface area contributed by atoms with E-state index in [0.29, 0.717) is 6.04 Å². The molecule has 2 rings (SSSR count). The van der Waals surface area contributed by atoms with Crippen molar-refractivity contribution in [2.75, 3.05) is 18.0 Å². The van der Waals surface area contributed by atoms with E-state index in [0.717, 1.165) is 38.0 Å². The lowest BCUT2D eigenvalue weighted by atomic mass is 10.0. The molecule has 0 spiro atoms. The molecular weight excluding hydrogens is 188 g/mol. The average Bonchev–Trinajstić information content (AvgIpc) is 2.33. The van der Waals surface area contributed by atoms with Crippen molar-refractivity contribution in [1.29, 1.82) is 0 Å². The highest BCUT2D eigenvalue weighted by Gasteiger charge is 2.20. The number of rotatable bonds is 3. The molecule has 3 heteroatoms. The maximum absolute atomic E-state index is 11.1. The molecule has 1 fully saturated rings. The summed E-state index contributed by atoms with van der Waals surface area (Å²) >= 11 is 0. The van der Waals surface area contributed by atoms with E-state index in [9.17, 15) is 4.79 Å². The maximum atomic E-state index is 11.1. The quantitative estimate of drug-likeness (QED) is 0.755. The van der Waals surface area contributed by atoms with E-state index < -0.39 is 0 Å². The Morgan fingerprint density at radius 1 is 1.20 bits per heavy atom. The molecule has 1 heterocycles. The highest BCUT2D eigenvalue weighted by molar-refractivity contribution is 5.75. The Hall–Kier alpha value is -1.35. The lowest BCUT2D eigenvalue weighted by Gasteiger charge is -2.31. The van der Waals surface area contributed by atoms with Gasteiger partial charge in [0.05, 0.1) is 0 Å². The fourth-order valence-corrected chi connectivity index (χ4v) is 2.04. The van der Waals surface area contributed by atoms with Crippen molar-refractivity contribution < 1.29 is 4.79 Å². The number of piperidine rings is 1. The summed E-state index contributed by atoms with van der Waals surface area (Å²) in [5.74, 6) is 0. The minimum atomic E-state index is 0.353. The molecule has 1 aliphatic rings. The van der Waals surface area contributed by atoms with Crippen LogP contribution in [0.5, 0.6) is 0 Å². The predicted octanol–water partition coefficient (Wildman–Crippen LogP) is 1.40. The first kappa shape index (κ1) is 10.2. The van der Waals surface area contributed by atoms with Gasteiger partial charge in [0.15, 0.2) is 0 Å². The summed E-state index contributed by atoms with van der Waals surface area (Å²) in [7, 11) is 0. The summed E-state index contributed by atoms with van der Waals surface area (Å²) in [5.41, 5.74) is 0.999. The van der Waals surface area contributed by atoms with Crippen molar-refractivity contribution in [2.24, 2.45) is 0 Å². The molecule has 3 nitrogen and oxygen atoms in total. The largest absolute Gasteiger partial charge is 0.317 e. The predicted molar refractivity (Wildman–Crippen MR) is 60.9 cm³/mol. The lowest BCUT2D eigenvalue weighted by molar-refractivity contribution is -0.108. The molecule has 0 aromatic heterocycles. The third-order valence-corrected chi connectivity index (χ3v) is 2.87. The second-order valence-electron chi connectivity index (χ2n) is 3.83. The standard InChI is InChI=1S/C12H16N2O/c15-10-14(11-4-2-1-3-5-11)12-6-8-13-9-7-12/h1-5,10,12-13H,6-9H2. The minimum absolute atomic E-state index is 0.353. The fourth-order valence-electron chi connectivity index (χ4n) is 2.04. The van der Waals surface area contributed by atoms with Crippen LogP contribution in [0.25, 0.3) is 0 Å². The van der Waals surface area contributed by atoms with Crippen molar-refractivity contribution in [2.45, 2.75) is 18.9 Å². The van der Waals surface area contributed by atoms with Crippen LogP contribution >= 0.6 is 0 Å². The number of anilines is 1. The van der Waals surface area contributed by atoms with Gasteiger partial charge in [-0.15, -0.1) is 0 Å². The van der Waals surface area contributed by atoms with E-state index in [1.165, 1.54) is 0 Å². The molecule has 0 bridgehead atoms. The van der Waals surface area contributed by atoms with Crippen LogP contribution in [0, 0.1) is 0 Å². The maximum Gasteiger partial charge on any atom is 0.214 e. The second kappa shape index (κ2) is 4.94. The number of amides is 1. The van der Waals surface area contributed by atoms with E-state index >= 15 is 0 Å². The Kier molecular flexibility index (Phi) is 3.35. The van der Waals surface area contributed by atoms with Crippen LogP contribution in [0.2, 0.25) is 0 Å². The van der Waals surface area contributed by atoms with E-state index in [4.69, 9.17) is 0 Å². The molecule has 1 amide bonds. The SMILES string of the molecule is O=CN(c1ccccc1)C1CCNCC1. The molecular formula is C12H16N2O. The number of nitrogens with one attached hydrogen (secondary N) is 1. The molecule has 1 aliphatic heterocycles. The molecule has 1 aromatic carbocycles. The van der Waals surface area contributed by atoms with E-state index in [-0.39, 0.29) is 0 Å². The monoisotopic (exact) mass is 204 g/mol. The van der Waals surface area contributed by atoms with Gasteiger partial charge in [-0.25, -0.2) is 0 Å². The number of para-hydroxylation sites is 1. The first-order chi connectivity index (χ1) is 7.42. The van der Waals surface area contributed by atoms with Crippen molar-refractivity contribution in [3.63, 3.8) is 0 Å². The normalized spacial score (nSPS) is 17.3. The number of nitrogens with zero attached hydrogens (tertiary/aromatic N) is 1. The number of hydrogen-bond donors (Lipinski definition) is 1. The highest BCUT2D eigenvalue weighted by Crippen LogP contribution is 2.19. The summed E-state index contributed by atoms with van der Waals surface area (Å²) in [4.78, 5) is 13.0. The van der Waals surface area contributed by atoms with Gasteiger partial charge >= 0.3 is 0 Å². The summed E-state index contributed by atoms with van der Waals surface area (Å²) in [5, 5.41) is 3.30. The molecule has 0 saturated carbocycles. The molecule has 15 heavy (non-hydrogen) atoms. The molecule has 1 saturated heterocycles. The van der Waals surface area contributed by atoms with Gasteiger partial charge in [-0.1, -0.05) is 18.2 Å². The topological polar surface area (TPSA) is 32.3 Å². The van der Waals surface area contributed by atoms with E-state index in [2.05, 4.69) is 5.32 Å². The van der Waals surface area contributed by atoms with Crippen molar-refractivity contribution >= 4 is 12.1 Å². The summed E-state index contributed by atoms with van der Waals surface area (Å²) in [6.07, 6.45) is 3.02. The Morgan fingerprint density at radius 2 is 1.87 bits per heavy atom. The first-order valence-electron chi connectivity index (χ1n) is 5.41. The van der Waals surface area contributed by atoms with Gasteiger partial charge in [0.1, 0.15) is 0 Å². The summed E-state index contributed by atoms with van der Waals surface area (Å²) in [6.45, 7) is 2.00. The molecule has 1 aromatic rings. The minimum Gasteiger partial charge on any atom is -0.317 e. The first-order valence-corrected chi connectivity index (χ1v) is 5.41. The van der Waals surface area contributed by atoms with Crippen LogP contribution in [0.15, 0.2) is 30.3 Å². The van der Waals surface area contributed by atoms with Gasteiger partial charge in [-0.2, -0.15) is 0 Å². The molecule has 0 unspecified atom stereocenters. The Bertz CT molecular complexity index is 307. The van der Waals surface area contributed by atoms with Gasteiger partial charge in [-0.3, -0.25) is 4.79 Å².